The molecular weight excluding hydrogens is 837 g/mol. The average Bonchev–Trinajstić information content (AvgIpc) is 3.29. The van der Waals surface area contributed by atoms with Crippen LogP contribution in [0.15, 0.2) is 97.1 Å². The highest BCUT2D eigenvalue weighted by atomic mass is 16.5. The number of ether oxygens (including phenoxy) is 4. The normalized spacial score (nSPS) is 11.9. The van der Waals surface area contributed by atoms with Crippen LogP contribution in [0.3, 0.4) is 0 Å². The van der Waals surface area contributed by atoms with Gasteiger partial charge in [0.2, 0.25) is 0 Å². The number of fused-ring (bicyclic) bond motifs is 8. The van der Waals surface area contributed by atoms with E-state index < -0.39 is 34.8 Å². The standard InChI is InChI=1S/C54H58N2O10/c1-5-21-63-49-33-13-9-14-34(49)26-38-30-42(56-54(62)44-18-12-20-46(58)48(44)60)32-40(52(38)66-24-8-4)28-36-16-10-15-35(50(36)64-22-6-2)27-39-31-41(29-37(25-33)51(39)65-23-7-3)55-53(61)43-17-11-19-45(57)47(43)59/h9-20,29-32,57-60H,5-8,21-28H2,1-4H3,(H,55,61)(H,56,62). The quantitative estimate of drug-likeness (QED) is 0.0512. The Hall–Kier alpha value is -7.34. The lowest BCUT2D eigenvalue weighted by Gasteiger charge is -2.24. The van der Waals surface area contributed by atoms with Crippen molar-refractivity contribution in [2.75, 3.05) is 37.1 Å². The summed E-state index contributed by atoms with van der Waals surface area (Å²) in [6, 6.07) is 28.1. The Kier molecular flexibility index (Phi) is 15.2. The zero-order valence-corrected chi connectivity index (χ0v) is 38.0. The second-order valence-corrected chi connectivity index (χ2v) is 16.4. The Morgan fingerprint density at radius 2 is 0.697 bits per heavy atom. The van der Waals surface area contributed by atoms with Gasteiger partial charge in [-0.2, -0.15) is 0 Å². The first-order valence-electron chi connectivity index (χ1n) is 22.7. The minimum absolute atomic E-state index is 0.0736. The molecule has 0 radical (unpaired) electrons. The van der Waals surface area contributed by atoms with Crippen molar-refractivity contribution in [3.63, 3.8) is 0 Å². The molecular formula is C54H58N2O10. The summed E-state index contributed by atoms with van der Waals surface area (Å²) in [6.45, 7) is 9.98. The smallest absolute Gasteiger partial charge is 0.259 e. The minimum atomic E-state index is -0.593. The van der Waals surface area contributed by atoms with Gasteiger partial charge in [-0.3, -0.25) is 9.59 Å². The predicted octanol–water partition coefficient (Wildman–Crippen LogP) is 10.8. The van der Waals surface area contributed by atoms with Crippen LogP contribution in [0.5, 0.6) is 46.0 Å². The van der Waals surface area contributed by atoms with E-state index in [0.717, 1.165) is 70.2 Å². The molecule has 0 fully saturated rings. The van der Waals surface area contributed by atoms with E-state index >= 15 is 0 Å². The highest BCUT2D eigenvalue weighted by molar-refractivity contribution is 6.07. The molecule has 2 amide bonds. The lowest BCUT2D eigenvalue weighted by Crippen LogP contribution is -2.15. The number of para-hydroxylation sites is 4. The third-order valence-electron chi connectivity index (χ3n) is 11.2. The molecule has 0 aromatic heterocycles. The van der Waals surface area contributed by atoms with Gasteiger partial charge in [-0.25, -0.2) is 0 Å². The number of rotatable bonds is 16. The second-order valence-electron chi connectivity index (χ2n) is 16.4. The van der Waals surface area contributed by atoms with Crippen LogP contribution >= 0.6 is 0 Å². The number of benzene rings is 6. The Labute approximate surface area is 385 Å². The van der Waals surface area contributed by atoms with Gasteiger partial charge < -0.3 is 50.0 Å². The summed E-state index contributed by atoms with van der Waals surface area (Å²) in [5.74, 6) is -0.266. The molecule has 0 saturated carbocycles. The molecule has 12 nitrogen and oxygen atoms in total. The molecule has 6 aromatic carbocycles. The molecule has 7 rings (SSSR count). The van der Waals surface area contributed by atoms with Crippen molar-refractivity contribution in [2.45, 2.75) is 79.1 Å². The topological polar surface area (TPSA) is 176 Å². The van der Waals surface area contributed by atoms with E-state index in [1.54, 1.807) is 0 Å². The maximum absolute atomic E-state index is 13.8. The van der Waals surface area contributed by atoms with Crippen LogP contribution < -0.4 is 29.6 Å². The summed E-state index contributed by atoms with van der Waals surface area (Å²) in [5.41, 5.74) is 7.49. The van der Waals surface area contributed by atoms with Crippen LogP contribution in [0.2, 0.25) is 0 Å². The van der Waals surface area contributed by atoms with Crippen molar-refractivity contribution >= 4 is 23.2 Å². The fourth-order valence-corrected chi connectivity index (χ4v) is 8.22. The molecule has 0 unspecified atom stereocenters. The van der Waals surface area contributed by atoms with Gasteiger partial charge in [0.05, 0.1) is 37.6 Å². The second kappa shape index (κ2) is 21.6. The molecule has 0 spiro atoms. The molecule has 12 heteroatoms. The van der Waals surface area contributed by atoms with Crippen molar-refractivity contribution in [3.05, 3.63) is 153 Å². The van der Waals surface area contributed by atoms with Gasteiger partial charge >= 0.3 is 0 Å². The zero-order valence-electron chi connectivity index (χ0n) is 38.0. The largest absolute Gasteiger partial charge is 0.504 e. The first-order chi connectivity index (χ1) is 32.0. The Balaban J connectivity index is 1.46. The number of carbonyl (C=O) groups is 2. The van der Waals surface area contributed by atoms with Crippen molar-refractivity contribution < 1.29 is 49.0 Å². The summed E-state index contributed by atoms with van der Waals surface area (Å²) in [6.07, 6.45) is 4.44. The molecule has 1 aliphatic carbocycles. The van der Waals surface area contributed by atoms with Gasteiger partial charge in [-0.15, -0.1) is 0 Å². The number of phenolic OH excluding ortho intramolecular Hbond substituents is 4. The molecule has 6 N–H and O–H groups in total. The van der Waals surface area contributed by atoms with E-state index in [0.29, 0.717) is 86.5 Å². The van der Waals surface area contributed by atoms with Crippen LogP contribution in [0.25, 0.3) is 0 Å². The fourth-order valence-electron chi connectivity index (χ4n) is 8.22. The highest BCUT2D eigenvalue weighted by Crippen LogP contribution is 2.42. The number of hydrogen-bond acceptors (Lipinski definition) is 10. The molecule has 0 aliphatic heterocycles. The SMILES string of the molecule is CCCOc1c2cccc1Cc1cc(NC(=O)c3cccc(O)c3O)cc(c1OCCC)Cc1cccc(c1OCCC)Cc1cc(NC(=O)c3cccc(O)c3O)cc(c1OCCC)C2. The summed E-state index contributed by atoms with van der Waals surface area (Å²) >= 11 is 0. The van der Waals surface area contributed by atoms with E-state index in [1.165, 1.54) is 36.4 Å². The lowest BCUT2D eigenvalue weighted by molar-refractivity contribution is 0.101. The van der Waals surface area contributed by atoms with Gasteiger partial charge in [0.25, 0.3) is 11.8 Å². The maximum Gasteiger partial charge on any atom is 0.259 e. The molecule has 6 aromatic rings. The fraction of sp³-hybridized carbons (Fsp3) is 0.296. The average molecular weight is 895 g/mol. The number of aromatic hydroxyl groups is 4. The number of amides is 2. The number of hydrogen-bond donors (Lipinski definition) is 6. The zero-order chi connectivity index (χ0) is 46.7. The molecule has 66 heavy (non-hydrogen) atoms. The Morgan fingerprint density at radius 1 is 0.424 bits per heavy atom. The third kappa shape index (κ3) is 10.6. The van der Waals surface area contributed by atoms with Crippen LogP contribution in [-0.2, 0) is 25.7 Å². The number of phenols is 4. The van der Waals surface area contributed by atoms with Crippen LogP contribution in [0.1, 0.15) is 119 Å². The first-order valence-corrected chi connectivity index (χ1v) is 22.7. The van der Waals surface area contributed by atoms with Gasteiger partial charge in [0.15, 0.2) is 23.0 Å². The third-order valence-corrected chi connectivity index (χ3v) is 11.2. The lowest BCUT2D eigenvalue weighted by atomic mass is 9.90. The van der Waals surface area contributed by atoms with E-state index in [2.05, 4.69) is 24.5 Å². The minimum Gasteiger partial charge on any atom is -0.504 e. The summed E-state index contributed by atoms with van der Waals surface area (Å²) in [5, 5.41) is 47.7. The number of anilines is 2. The first kappa shape index (κ1) is 46.6. The molecule has 1 aliphatic rings. The van der Waals surface area contributed by atoms with Crippen molar-refractivity contribution in [3.8, 4) is 46.0 Å². The van der Waals surface area contributed by atoms with Crippen LogP contribution in [-0.4, -0.2) is 58.7 Å². The molecule has 0 atom stereocenters. The van der Waals surface area contributed by atoms with E-state index in [4.69, 9.17) is 18.9 Å². The van der Waals surface area contributed by atoms with Gasteiger partial charge in [-0.05, 0) is 96.5 Å². The number of carbonyl (C=O) groups excluding carboxylic acids is 2. The summed E-state index contributed by atoms with van der Waals surface area (Å²) in [7, 11) is 0. The van der Waals surface area contributed by atoms with Crippen LogP contribution in [0, 0.1) is 0 Å². The number of nitrogens with one attached hydrogen (secondary N) is 2. The Morgan fingerprint density at radius 3 is 0.985 bits per heavy atom. The van der Waals surface area contributed by atoms with Gasteiger partial charge in [0, 0.05) is 59.3 Å². The summed E-state index contributed by atoms with van der Waals surface area (Å²) in [4.78, 5) is 27.6. The van der Waals surface area contributed by atoms with Gasteiger partial charge in [0.1, 0.15) is 23.0 Å². The molecule has 0 saturated heterocycles. The van der Waals surface area contributed by atoms with E-state index in [9.17, 15) is 30.0 Å². The Bertz CT molecular complexity index is 2440. The maximum atomic E-state index is 13.8. The van der Waals surface area contributed by atoms with Gasteiger partial charge in [-0.1, -0.05) is 76.2 Å². The molecule has 344 valence electrons. The van der Waals surface area contributed by atoms with E-state index in [1.807, 2.05) is 74.5 Å². The molecule has 0 heterocycles. The van der Waals surface area contributed by atoms with Crippen LogP contribution in [0.4, 0.5) is 11.4 Å². The van der Waals surface area contributed by atoms with Crippen molar-refractivity contribution in [2.24, 2.45) is 0 Å². The van der Waals surface area contributed by atoms with E-state index in [-0.39, 0.29) is 11.1 Å². The monoisotopic (exact) mass is 894 g/mol. The summed E-state index contributed by atoms with van der Waals surface area (Å²) < 4.78 is 26.6. The van der Waals surface area contributed by atoms with Crippen molar-refractivity contribution in [1.82, 2.24) is 0 Å². The molecule has 8 bridgehead atoms. The highest BCUT2D eigenvalue weighted by Gasteiger charge is 2.25. The van der Waals surface area contributed by atoms with Crippen molar-refractivity contribution in [1.29, 1.82) is 0 Å². The predicted molar refractivity (Wildman–Crippen MR) is 256 cm³/mol.